The summed E-state index contributed by atoms with van der Waals surface area (Å²) in [5, 5.41) is 3.46. The summed E-state index contributed by atoms with van der Waals surface area (Å²) in [6.07, 6.45) is 1.26. The minimum absolute atomic E-state index is 0.718. The smallest absolute Gasteiger partial charge is 0.0378 e. The quantitative estimate of drug-likeness (QED) is 0.638. The second kappa shape index (κ2) is 3.06. The molecule has 1 atom stereocenters. The van der Waals surface area contributed by atoms with Gasteiger partial charge in [0, 0.05) is 12.2 Å². The highest BCUT2D eigenvalue weighted by molar-refractivity contribution is 5.58. The summed E-state index contributed by atoms with van der Waals surface area (Å²) in [5.41, 5.74) is 5.64. The standard InChI is InChI=1S/C12H17N/c1-8-4-5-13-12-7-10(3)9(2)6-11(8)12/h6-8,13H,4-5H2,1-3H3. The van der Waals surface area contributed by atoms with E-state index in [9.17, 15) is 0 Å². The Balaban J connectivity index is 2.52. The number of fused-ring (bicyclic) bond motifs is 1. The van der Waals surface area contributed by atoms with Crippen molar-refractivity contribution in [2.24, 2.45) is 0 Å². The highest BCUT2D eigenvalue weighted by atomic mass is 14.9. The van der Waals surface area contributed by atoms with Gasteiger partial charge in [0.15, 0.2) is 0 Å². The molecule has 0 aliphatic carbocycles. The summed E-state index contributed by atoms with van der Waals surface area (Å²) in [6.45, 7) is 7.80. The number of hydrogen-bond donors (Lipinski definition) is 1. The van der Waals surface area contributed by atoms with Crippen molar-refractivity contribution in [3.05, 3.63) is 28.8 Å². The lowest BCUT2D eigenvalue weighted by Crippen LogP contribution is -2.15. The lowest BCUT2D eigenvalue weighted by atomic mass is 9.90. The van der Waals surface area contributed by atoms with Crippen molar-refractivity contribution in [1.29, 1.82) is 0 Å². The molecule has 13 heavy (non-hydrogen) atoms. The molecule has 1 nitrogen and oxygen atoms in total. The minimum atomic E-state index is 0.718. The molecular weight excluding hydrogens is 158 g/mol. The molecule has 1 aromatic carbocycles. The number of benzene rings is 1. The molecule has 1 unspecified atom stereocenters. The van der Waals surface area contributed by atoms with Crippen molar-refractivity contribution in [2.75, 3.05) is 11.9 Å². The molecule has 0 spiro atoms. The van der Waals surface area contributed by atoms with Gasteiger partial charge in [-0.1, -0.05) is 13.0 Å². The van der Waals surface area contributed by atoms with Gasteiger partial charge in [0.25, 0.3) is 0 Å². The molecule has 1 heteroatoms. The molecular formula is C12H17N. The van der Waals surface area contributed by atoms with E-state index in [1.807, 2.05) is 0 Å². The maximum atomic E-state index is 3.46. The van der Waals surface area contributed by atoms with Crippen LogP contribution in [0.5, 0.6) is 0 Å². The van der Waals surface area contributed by atoms with Gasteiger partial charge in [-0.05, 0) is 48.9 Å². The number of anilines is 1. The van der Waals surface area contributed by atoms with Crippen LogP contribution in [0.25, 0.3) is 0 Å². The number of rotatable bonds is 0. The first kappa shape index (κ1) is 8.61. The molecule has 0 aromatic heterocycles. The minimum Gasteiger partial charge on any atom is -0.385 e. The van der Waals surface area contributed by atoms with E-state index in [-0.39, 0.29) is 0 Å². The summed E-state index contributed by atoms with van der Waals surface area (Å²) in [5.74, 6) is 0.718. The summed E-state index contributed by atoms with van der Waals surface area (Å²) < 4.78 is 0. The molecule has 0 saturated heterocycles. The number of hydrogen-bond acceptors (Lipinski definition) is 1. The molecule has 1 N–H and O–H groups in total. The van der Waals surface area contributed by atoms with Crippen LogP contribution in [0.15, 0.2) is 12.1 Å². The van der Waals surface area contributed by atoms with Crippen LogP contribution in [0.4, 0.5) is 5.69 Å². The zero-order valence-corrected chi connectivity index (χ0v) is 8.65. The van der Waals surface area contributed by atoms with E-state index >= 15 is 0 Å². The second-order valence-corrected chi connectivity index (χ2v) is 4.14. The first-order valence-electron chi connectivity index (χ1n) is 5.03. The third-order valence-electron chi connectivity index (χ3n) is 3.09. The van der Waals surface area contributed by atoms with Crippen LogP contribution in [0, 0.1) is 13.8 Å². The van der Waals surface area contributed by atoms with Gasteiger partial charge in [-0.25, -0.2) is 0 Å². The average molecular weight is 175 g/mol. The van der Waals surface area contributed by atoms with E-state index in [0.717, 1.165) is 12.5 Å². The van der Waals surface area contributed by atoms with Crippen molar-refractivity contribution >= 4 is 5.69 Å². The van der Waals surface area contributed by atoms with Gasteiger partial charge >= 0.3 is 0 Å². The summed E-state index contributed by atoms with van der Waals surface area (Å²) in [7, 11) is 0. The third kappa shape index (κ3) is 1.43. The topological polar surface area (TPSA) is 12.0 Å². The fourth-order valence-electron chi connectivity index (χ4n) is 1.98. The van der Waals surface area contributed by atoms with Crippen molar-refractivity contribution in [3.63, 3.8) is 0 Å². The van der Waals surface area contributed by atoms with E-state index in [1.165, 1.54) is 28.8 Å². The van der Waals surface area contributed by atoms with Gasteiger partial charge in [-0.2, -0.15) is 0 Å². The van der Waals surface area contributed by atoms with Crippen LogP contribution >= 0.6 is 0 Å². The maximum absolute atomic E-state index is 3.46. The Kier molecular flexibility index (Phi) is 2.03. The molecule has 0 bridgehead atoms. The van der Waals surface area contributed by atoms with Crippen LogP contribution in [-0.4, -0.2) is 6.54 Å². The van der Waals surface area contributed by atoms with E-state index in [2.05, 4.69) is 38.2 Å². The van der Waals surface area contributed by atoms with Gasteiger partial charge < -0.3 is 5.32 Å². The van der Waals surface area contributed by atoms with Crippen molar-refractivity contribution in [2.45, 2.75) is 33.1 Å². The fraction of sp³-hybridized carbons (Fsp3) is 0.500. The molecule has 1 aliphatic rings. The van der Waals surface area contributed by atoms with E-state index in [4.69, 9.17) is 0 Å². The lowest BCUT2D eigenvalue weighted by molar-refractivity contribution is 0.682. The predicted octanol–water partition coefficient (Wildman–Crippen LogP) is 3.22. The summed E-state index contributed by atoms with van der Waals surface area (Å²) >= 11 is 0. The average Bonchev–Trinajstić information content (AvgIpc) is 2.09. The highest BCUT2D eigenvalue weighted by Gasteiger charge is 2.16. The molecule has 1 aliphatic heterocycles. The van der Waals surface area contributed by atoms with Gasteiger partial charge in [0.05, 0.1) is 0 Å². The van der Waals surface area contributed by atoms with Crippen molar-refractivity contribution in [3.8, 4) is 0 Å². The molecule has 1 heterocycles. The SMILES string of the molecule is Cc1cc2c(cc1C)C(C)CCN2. The third-order valence-corrected chi connectivity index (χ3v) is 3.09. The van der Waals surface area contributed by atoms with Crippen LogP contribution in [0.2, 0.25) is 0 Å². The van der Waals surface area contributed by atoms with Gasteiger partial charge in [-0.15, -0.1) is 0 Å². The summed E-state index contributed by atoms with van der Waals surface area (Å²) in [4.78, 5) is 0. The van der Waals surface area contributed by atoms with Crippen LogP contribution in [0.3, 0.4) is 0 Å². The zero-order valence-electron chi connectivity index (χ0n) is 8.65. The molecule has 2 rings (SSSR count). The van der Waals surface area contributed by atoms with Crippen LogP contribution in [-0.2, 0) is 0 Å². The van der Waals surface area contributed by atoms with Crippen LogP contribution < -0.4 is 5.32 Å². The maximum Gasteiger partial charge on any atom is 0.0378 e. The first-order valence-corrected chi connectivity index (χ1v) is 5.03. The van der Waals surface area contributed by atoms with Crippen molar-refractivity contribution in [1.82, 2.24) is 0 Å². The molecule has 0 fully saturated rings. The first-order chi connectivity index (χ1) is 6.18. The Hall–Kier alpha value is -0.980. The second-order valence-electron chi connectivity index (χ2n) is 4.14. The van der Waals surface area contributed by atoms with Gasteiger partial charge in [-0.3, -0.25) is 0 Å². The van der Waals surface area contributed by atoms with E-state index in [0.29, 0.717) is 0 Å². The Bertz CT molecular complexity index is 328. The Morgan fingerprint density at radius 3 is 2.69 bits per heavy atom. The van der Waals surface area contributed by atoms with E-state index < -0.39 is 0 Å². The molecule has 1 aromatic rings. The van der Waals surface area contributed by atoms with Gasteiger partial charge in [0.1, 0.15) is 0 Å². The molecule has 0 amide bonds. The lowest BCUT2D eigenvalue weighted by Gasteiger charge is -2.25. The Morgan fingerprint density at radius 2 is 1.92 bits per heavy atom. The Labute approximate surface area is 80.2 Å². The molecule has 0 saturated carbocycles. The van der Waals surface area contributed by atoms with Crippen LogP contribution in [0.1, 0.15) is 36.0 Å². The number of aryl methyl sites for hydroxylation is 2. The fourth-order valence-corrected chi connectivity index (χ4v) is 1.98. The monoisotopic (exact) mass is 175 g/mol. The molecule has 0 radical (unpaired) electrons. The van der Waals surface area contributed by atoms with Gasteiger partial charge in [0.2, 0.25) is 0 Å². The molecule has 70 valence electrons. The van der Waals surface area contributed by atoms with E-state index in [1.54, 1.807) is 0 Å². The normalized spacial score (nSPS) is 20.7. The Morgan fingerprint density at radius 1 is 1.23 bits per heavy atom. The zero-order chi connectivity index (χ0) is 9.42. The largest absolute Gasteiger partial charge is 0.385 e. The summed E-state index contributed by atoms with van der Waals surface area (Å²) in [6, 6.07) is 4.61. The number of nitrogens with one attached hydrogen (secondary N) is 1. The highest BCUT2D eigenvalue weighted by Crippen LogP contribution is 2.32. The van der Waals surface area contributed by atoms with Crippen molar-refractivity contribution < 1.29 is 0 Å². The predicted molar refractivity (Wildman–Crippen MR) is 57.4 cm³/mol.